The number of nitrogens with one attached hydrogen (secondary N) is 2. The van der Waals surface area contributed by atoms with Crippen molar-refractivity contribution in [2.24, 2.45) is 0 Å². The topological polar surface area (TPSA) is 112 Å². The second-order valence-electron chi connectivity index (χ2n) is 4.34. The molecule has 0 aliphatic carbocycles. The average Bonchev–Trinajstić information content (AvgIpc) is 3.10. The van der Waals surface area contributed by atoms with Crippen molar-refractivity contribution in [3.63, 3.8) is 0 Å². The summed E-state index contributed by atoms with van der Waals surface area (Å²) in [5, 5.41) is 13.3. The molecule has 0 amide bonds. The molecule has 2 aromatic heterocycles. The summed E-state index contributed by atoms with van der Waals surface area (Å²) in [6.07, 6.45) is 2.75. The Balaban J connectivity index is 2.13. The third kappa shape index (κ3) is 2.24. The fourth-order valence-electron chi connectivity index (χ4n) is 2.07. The van der Waals surface area contributed by atoms with Gasteiger partial charge < -0.3 is 4.98 Å². The molecule has 3 aromatic rings. The van der Waals surface area contributed by atoms with Crippen molar-refractivity contribution in [3.05, 3.63) is 35.7 Å². The first-order chi connectivity index (χ1) is 10.0. The monoisotopic (exact) mass is 319 g/mol. The first-order valence-corrected chi connectivity index (χ1v) is 8.09. The third-order valence-electron chi connectivity index (χ3n) is 3.01. The zero-order valence-corrected chi connectivity index (χ0v) is 12.4. The average molecular weight is 319 g/mol. The number of H-pyrrole nitrogens is 1. The van der Waals surface area contributed by atoms with E-state index in [1.165, 1.54) is 6.20 Å². The van der Waals surface area contributed by atoms with Crippen LogP contribution in [0.1, 0.15) is 11.1 Å². The highest BCUT2D eigenvalue weighted by atomic mass is 32.2. The molecule has 1 aromatic carbocycles. The Labute approximate surface area is 124 Å². The summed E-state index contributed by atoms with van der Waals surface area (Å²) in [4.78, 5) is 2.94. The number of benzene rings is 1. The van der Waals surface area contributed by atoms with Gasteiger partial charge in [0.05, 0.1) is 23.0 Å². The summed E-state index contributed by atoms with van der Waals surface area (Å²) < 4.78 is 30.5. The minimum absolute atomic E-state index is 0.0308. The summed E-state index contributed by atoms with van der Waals surface area (Å²) >= 11 is 0.793. The first-order valence-electron chi connectivity index (χ1n) is 5.84. The maximum atomic E-state index is 12.2. The second-order valence-corrected chi connectivity index (χ2v) is 7.03. The van der Waals surface area contributed by atoms with Crippen molar-refractivity contribution < 1.29 is 8.42 Å². The van der Waals surface area contributed by atoms with E-state index in [1.807, 2.05) is 6.92 Å². The Morgan fingerprint density at radius 1 is 1.43 bits per heavy atom. The van der Waals surface area contributed by atoms with Gasteiger partial charge in [-0.3, -0.25) is 4.72 Å². The summed E-state index contributed by atoms with van der Waals surface area (Å²) in [5.74, 6) is 0. The van der Waals surface area contributed by atoms with Crippen LogP contribution in [-0.2, 0) is 10.0 Å². The van der Waals surface area contributed by atoms with Crippen LogP contribution < -0.4 is 4.72 Å². The molecule has 0 saturated carbocycles. The lowest BCUT2D eigenvalue weighted by Crippen LogP contribution is -2.11. The Kier molecular flexibility index (Phi) is 3.12. The fraction of sp³-hybridized carbons (Fsp3) is 0.0833. The number of aryl methyl sites for hydroxylation is 1. The molecule has 9 heteroatoms. The summed E-state index contributed by atoms with van der Waals surface area (Å²) in [6, 6.07) is 5.50. The maximum Gasteiger partial charge on any atom is 0.274 e. The van der Waals surface area contributed by atoms with E-state index in [4.69, 9.17) is 5.26 Å². The predicted octanol–water partition coefficient (Wildman–Crippen LogP) is 2.00. The van der Waals surface area contributed by atoms with Crippen LogP contribution in [0, 0.1) is 18.3 Å². The molecule has 0 radical (unpaired) electrons. The molecule has 0 spiro atoms. The Morgan fingerprint density at radius 3 is 2.90 bits per heavy atom. The highest BCUT2D eigenvalue weighted by molar-refractivity contribution is 7.94. The SMILES string of the molecule is Cc1ccc(NS(=O)(=O)c2cnns2)c2[nH]cc(C#N)c12. The molecule has 0 fully saturated rings. The molecular formula is C12H9N5O2S2. The van der Waals surface area contributed by atoms with Crippen LogP contribution in [0.5, 0.6) is 0 Å². The number of nitriles is 1. The number of hydrogen-bond donors (Lipinski definition) is 2. The predicted molar refractivity (Wildman–Crippen MR) is 78.5 cm³/mol. The first kappa shape index (κ1) is 13.5. The molecule has 0 aliphatic heterocycles. The van der Waals surface area contributed by atoms with Gasteiger partial charge in [0, 0.05) is 23.1 Å². The Morgan fingerprint density at radius 2 is 2.24 bits per heavy atom. The Hall–Kier alpha value is -2.44. The molecule has 0 unspecified atom stereocenters. The molecule has 2 N–H and O–H groups in total. The van der Waals surface area contributed by atoms with Crippen molar-refractivity contribution in [2.75, 3.05) is 4.72 Å². The number of aromatic nitrogens is 3. The minimum Gasteiger partial charge on any atom is -0.358 e. The molecule has 2 heterocycles. The second kappa shape index (κ2) is 4.83. The lowest BCUT2D eigenvalue weighted by Gasteiger charge is -2.08. The van der Waals surface area contributed by atoms with Crippen molar-refractivity contribution in [3.8, 4) is 6.07 Å². The molecule has 0 atom stereocenters. The number of sulfonamides is 1. The van der Waals surface area contributed by atoms with Crippen LogP contribution in [0.25, 0.3) is 10.9 Å². The van der Waals surface area contributed by atoms with Gasteiger partial charge in [0.15, 0.2) is 4.21 Å². The summed E-state index contributed by atoms with van der Waals surface area (Å²) in [6.45, 7) is 1.86. The van der Waals surface area contributed by atoms with Gasteiger partial charge in [0.2, 0.25) is 0 Å². The van der Waals surface area contributed by atoms with E-state index >= 15 is 0 Å². The molecular weight excluding hydrogens is 310 g/mol. The quantitative estimate of drug-likeness (QED) is 0.767. The highest BCUT2D eigenvalue weighted by Crippen LogP contribution is 2.30. The number of fused-ring (bicyclic) bond motifs is 1. The summed E-state index contributed by atoms with van der Waals surface area (Å²) in [7, 11) is -3.73. The van der Waals surface area contributed by atoms with E-state index in [-0.39, 0.29) is 4.21 Å². The van der Waals surface area contributed by atoms with Crippen LogP contribution in [-0.4, -0.2) is 23.0 Å². The number of rotatable bonds is 3. The lowest BCUT2D eigenvalue weighted by atomic mass is 10.1. The fourth-order valence-corrected chi connectivity index (χ4v) is 3.70. The van der Waals surface area contributed by atoms with Crippen molar-refractivity contribution in [1.29, 1.82) is 5.26 Å². The number of aromatic amines is 1. The molecule has 3 rings (SSSR count). The van der Waals surface area contributed by atoms with Crippen LogP contribution in [0.3, 0.4) is 0 Å². The van der Waals surface area contributed by atoms with Gasteiger partial charge in [-0.1, -0.05) is 10.6 Å². The zero-order valence-electron chi connectivity index (χ0n) is 10.8. The molecule has 0 bridgehead atoms. The van der Waals surface area contributed by atoms with E-state index < -0.39 is 10.0 Å². The van der Waals surface area contributed by atoms with Crippen LogP contribution >= 0.6 is 11.5 Å². The van der Waals surface area contributed by atoms with Gasteiger partial charge in [-0.05, 0) is 18.6 Å². The standard InChI is InChI=1S/C12H9N5O2S2/c1-7-2-3-9(12-11(7)8(4-13)5-14-12)16-21(18,19)10-6-15-17-20-10/h2-3,5-6,14,16H,1H3. The van der Waals surface area contributed by atoms with E-state index in [1.54, 1.807) is 18.3 Å². The van der Waals surface area contributed by atoms with Gasteiger partial charge >= 0.3 is 0 Å². The molecule has 7 nitrogen and oxygen atoms in total. The molecule has 106 valence electrons. The van der Waals surface area contributed by atoms with E-state index in [2.05, 4.69) is 25.4 Å². The van der Waals surface area contributed by atoms with Gasteiger partial charge in [-0.2, -0.15) is 5.26 Å². The van der Waals surface area contributed by atoms with Gasteiger partial charge in [0.1, 0.15) is 6.07 Å². The molecule has 21 heavy (non-hydrogen) atoms. The van der Waals surface area contributed by atoms with Crippen LogP contribution in [0.4, 0.5) is 5.69 Å². The van der Waals surface area contributed by atoms with E-state index in [9.17, 15) is 8.42 Å². The molecule has 0 aliphatic rings. The minimum atomic E-state index is -3.73. The van der Waals surface area contributed by atoms with E-state index in [0.29, 0.717) is 22.2 Å². The van der Waals surface area contributed by atoms with Gasteiger partial charge in [-0.25, -0.2) is 8.42 Å². The van der Waals surface area contributed by atoms with Crippen molar-refractivity contribution >= 4 is 38.1 Å². The normalized spacial score (nSPS) is 11.4. The zero-order chi connectivity index (χ0) is 15.0. The lowest BCUT2D eigenvalue weighted by molar-refractivity contribution is 0.603. The van der Waals surface area contributed by atoms with Gasteiger partial charge in [0.25, 0.3) is 10.0 Å². The maximum absolute atomic E-state index is 12.2. The highest BCUT2D eigenvalue weighted by Gasteiger charge is 2.19. The smallest absolute Gasteiger partial charge is 0.274 e. The number of nitrogens with zero attached hydrogens (tertiary/aromatic N) is 3. The molecule has 0 saturated heterocycles. The number of hydrogen-bond acceptors (Lipinski definition) is 6. The number of anilines is 1. The third-order valence-corrected chi connectivity index (χ3v) is 5.48. The van der Waals surface area contributed by atoms with Crippen LogP contribution in [0.2, 0.25) is 0 Å². The van der Waals surface area contributed by atoms with Gasteiger partial charge in [-0.15, -0.1) is 5.10 Å². The summed E-state index contributed by atoms with van der Waals surface area (Å²) in [5.41, 5.74) is 2.33. The van der Waals surface area contributed by atoms with Crippen molar-refractivity contribution in [1.82, 2.24) is 14.6 Å². The van der Waals surface area contributed by atoms with Crippen molar-refractivity contribution in [2.45, 2.75) is 11.1 Å². The Bertz CT molecular complexity index is 952. The van der Waals surface area contributed by atoms with E-state index in [0.717, 1.165) is 17.1 Å². The van der Waals surface area contributed by atoms with Crippen LogP contribution in [0.15, 0.2) is 28.7 Å². The largest absolute Gasteiger partial charge is 0.358 e.